The quantitative estimate of drug-likeness (QED) is 0.261. The maximum atomic E-state index is 12.8. The second kappa shape index (κ2) is 9.66. The van der Waals surface area contributed by atoms with E-state index in [-0.39, 0.29) is 0 Å². The van der Waals surface area contributed by atoms with E-state index < -0.39 is 23.5 Å². The highest BCUT2D eigenvalue weighted by molar-refractivity contribution is 5.73. The smallest absolute Gasteiger partial charge is 0.233 e. The number of hydrogen-bond donors (Lipinski definition) is 0. The van der Waals surface area contributed by atoms with Gasteiger partial charge in [-0.25, -0.2) is 4.68 Å². The van der Waals surface area contributed by atoms with Gasteiger partial charge < -0.3 is 0 Å². The molecular weight excluding hydrogens is 466 g/mol. The van der Waals surface area contributed by atoms with Crippen molar-refractivity contribution in [1.82, 2.24) is 9.78 Å². The fourth-order valence-electron chi connectivity index (χ4n) is 3.32. The summed E-state index contributed by atoms with van der Waals surface area (Å²) in [6, 6.07) is 20.6. The summed E-state index contributed by atoms with van der Waals surface area (Å²) in [7, 11) is 0. The highest BCUT2D eigenvalue weighted by Crippen LogP contribution is 2.30. The number of alkyl halides is 6. The molecule has 4 rings (SSSR count). The lowest BCUT2D eigenvalue weighted by molar-refractivity contribution is -0.138. The van der Waals surface area contributed by atoms with Crippen molar-refractivity contribution >= 4 is 24.3 Å². The molecule has 0 saturated carbocycles. The van der Waals surface area contributed by atoms with Crippen LogP contribution in [0.3, 0.4) is 0 Å². The predicted molar refractivity (Wildman–Crippen MR) is 124 cm³/mol. The standard InChI is InChI=1S/C27H18F6N2/c28-26(29,30)21-12-6-19(7-13-21)10-16-23-18-25(35(34-23)24-4-2-1-3-5-24)17-11-20-8-14-22(15-9-20)27(31,32)33/h1-18H/b16-10+,17-11+. The first-order chi connectivity index (χ1) is 16.6. The lowest BCUT2D eigenvalue weighted by Gasteiger charge is -2.06. The van der Waals surface area contributed by atoms with Crippen molar-refractivity contribution in [2.75, 3.05) is 0 Å². The molecule has 1 heterocycles. The van der Waals surface area contributed by atoms with Gasteiger partial charge in [-0.1, -0.05) is 54.6 Å². The SMILES string of the molecule is FC(F)(F)c1ccc(/C=C/c2cc(/C=C/c3ccc(C(F)(F)F)cc3)n(-c3ccccc3)n2)cc1. The zero-order chi connectivity index (χ0) is 25.1. The molecule has 0 bridgehead atoms. The van der Waals surface area contributed by atoms with Gasteiger partial charge >= 0.3 is 12.4 Å². The molecular formula is C27H18F6N2. The number of nitrogens with zero attached hydrogens (tertiary/aromatic N) is 2. The molecule has 0 N–H and O–H groups in total. The van der Waals surface area contributed by atoms with Crippen molar-refractivity contribution in [1.29, 1.82) is 0 Å². The minimum Gasteiger partial charge on any atom is -0.233 e. The topological polar surface area (TPSA) is 17.8 Å². The van der Waals surface area contributed by atoms with Crippen molar-refractivity contribution in [3.8, 4) is 5.69 Å². The van der Waals surface area contributed by atoms with Crippen LogP contribution in [0.25, 0.3) is 30.0 Å². The van der Waals surface area contributed by atoms with Gasteiger partial charge in [0.25, 0.3) is 0 Å². The van der Waals surface area contributed by atoms with Crippen molar-refractivity contribution in [3.63, 3.8) is 0 Å². The predicted octanol–water partition coefficient (Wildman–Crippen LogP) is 8.25. The average molecular weight is 484 g/mol. The van der Waals surface area contributed by atoms with E-state index in [1.165, 1.54) is 24.3 Å². The zero-order valence-electron chi connectivity index (χ0n) is 18.1. The fraction of sp³-hybridized carbons (Fsp3) is 0.0741. The Morgan fingerprint density at radius 2 is 1.06 bits per heavy atom. The number of para-hydroxylation sites is 1. The van der Waals surface area contributed by atoms with Gasteiger partial charge in [0, 0.05) is 0 Å². The third-order valence-electron chi connectivity index (χ3n) is 5.13. The van der Waals surface area contributed by atoms with Crippen LogP contribution < -0.4 is 0 Å². The van der Waals surface area contributed by atoms with Crippen LogP contribution in [0.4, 0.5) is 26.3 Å². The normalized spacial score (nSPS) is 12.6. The molecule has 178 valence electrons. The van der Waals surface area contributed by atoms with Crippen LogP contribution in [0.15, 0.2) is 84.9 Å². The summed E-state index contributed by atoms with van der Waals surface area (Å²) in [5, 5.41) is 4.56. The molecule has 0 spiro atoms. The molecule has 2 nitrogen and oxygen atoms in total. The van der Waals surface area contributed by atoms with Gasteiger partial charge in [0.15, 0.2) is 0 Å². The van der Waals surface area contributed by atoms with E-state index in [9.17, 15) is 26.3 Å². The van der Waals surface area contributed by atoms with Gasteiger partial charge in [-0.2, -0.15) is 31.4 Å². The molecule has 0 radical (unpaired) electrons. The second-order valence-electron chi connectivity index (χ2n) is 7.65. The Morgan fingerprint density at radius 3 is 1.54 bits per heavy atom. The van der Waals surface area contributed by atoms with Gasteiger partial charge in [-0.15, -0.1) is 0 Å². The van der Waals surface area contributed by atoms with E-state index in [1.54, 1.807) is 35.1 Å². The third kappa shape index (κ3) is 6.09. The Balaban J connectivity index is 1.61. The van der Waals surface area contributed by atoms with Crippen LogP contribution >= 0.6 is 0 Å². The Kier molecular flexibility index (Phi) is 6.64. The highest BCUT2D eigenvalue weighted by atomic mass is 19.4. The lowest BCUT2D eigenvalue weighted by Crippen LogP contribution is -2.03. The first-order valence-electron chi connectivity index (χ1n) is 10.5. The van der Waals surface area contributed by atoms with Crippen LogP contribution in [0.1, 0.15) is 33.6 Å². The minimum absolute atomic E-state index is 0.556. The van der Waals surface area contributed by atoms with E-state index >= 15 is 0 Å². The maximum Gasteiger partial charge on any atom is 0.416 e. The molecule has 0 fully saturated rings. The second-order valence-corrected chi connectivity index (χ2v) is 7.65. The molecule has 0 unspecified atom stereocenters. The molecule has 0 aliphatic heterocycles. The lowest BCUT2D eigenvalue weighted by atomic mass is 10.1. The molecule has 0 amide bonds. The number of rotatable bonds is 5. The summed E-state index contributed by atoms with van der Waals surface area (Å²) in [5.74, 6) is 0. The van der Waals surface area contributed by atoms with Crippen LogP contribution in [-0.2, 0) is 12.4 Å². The zero-order valence-corrected chi connectivity index (χ0v) is 18.1. The van der Waals surface area contributed by atoms with Crippen molar-refractivity contribution in [2.45, 2.75) is 12.4 Å². The van der Waals surface area contributed by atoms with E-state index in [0.29, 0.717) is 22.5 Å². The minimum atomic E-state index is -4.40. The van der Waals surface area contributed by atoms with Gasteiger partial charge in [0.1, 0.15) is 0 Å². The summed E-state index contributed by atoms with van der Waals surface area (Å²) < 4.78 is 78.3. The number of hydrogen-bond acceptors (Lipinski definition) is 1. The molecule has 0 atom stereocenters. The Bertz CT molecular complexity index is 1330. The largest absolute Gasteiger partial charge is 0.416 e. The van der Waals surface area contributed by atoms with Gasteiger partial charge in [0.05, 0.1) is 28.2 Å². The summed E-state index contributed by atoms with van der Waals surface area (Å²) in [6.45, 7) is 0. The van der Waals surface area contributed by atoms with Crippen molar-refractivity contribution in [3.05, 3.63) is 119 Å². The monoisotopic (exact) mass is 484 g/mol. The molecule has 1 aromatic heterocycles. The Hall–Kier alpha value is -4.07. The highest BCUT2D eigenvalue weighted by Gasteiger charge is 2.30. The maximum absolute atomic E-state index is 12.8. The summed E-state index contributed by atoms with van der Waals surface area (Å²) in [4.78, 5) is 0. The van der Waals surface area contributed by atoms with E-state index in [4.69, 9.17) is 0 Å². The first-order valence-corrected chi connectivity index (χ1v) is 10.5. The molecule has 3 aromatic carbocycles. The summed E-state index contributed by atoms with van der Waals surface area (Å²) >= 11 is 0. The van der Waals surface area contributed by atoms with Gasteiger partial charge in [-0.3, -0.25) is 0 Å². The molecule has 0 saturated heterocycles. The number of benzene rings is 3. The Labute approximate surface area is 197 Å². The molecule has 4 aromatic rings. The van der Waals surface area contributed by atoms with Crippen LogP contribution in [0, 0.1) is 0 Å². The first kappa shape index (κ1) is 24.1. The van der Waals surface area contributed by atoms with E-state index in [2.05, 4.69) is 5.10 Å². The number of halogens is 6. The van der Waals surface area contributed by atoms with Gasteiger partial charge in [0.2, 0.25) is 0 Å². The molecule has 0 aliphatic rings. The Morgan fingerprint density at radius 1 is 0.571 bits per heavy atom. The molecule has 0 aliphatic carbocycles. The average Bonchev–Trinajstić information content (AvgIpc) is 3.24. The van der Waals surface area contributed by atoms with Gasteiger partial charge in [-0.05, 0) is 65.7 Å². The summed E-state index contributed by atoms with van der Waals surface area (Å²) in [5.41, 5.74) is 1.71. The van der Waals surface area contributed by atoms with Crippen molar-refractivity contribution in [2.24, 2.45) is 0 Å². The third-order valence-corrected chi connectivity index (χ3v) is 5.13. The fourth-order valence-corrected chi connectivity index (χ4v) is 3.32. The van der Waals surface area contributed by atoms with Crippen LogP contribution in [0.5, 0.6) is 0 Å². The summed E-state index contributed by atoms with van der Waals surface area (Å²) in [6.07, 6.45) is -2.05. The number of aromatic nitrogens is 2. The molecule has 35 heavy (non-hydrogen) atoms. The van der Waals surface area contributed by atoms with E-state index in [0.717, 1.165) is 30.0 Å². The van der Waals surface area contributed by atoms with Crippen LogP contribution in [0.2, 0.25) is 0 Å². The molecule has 8 heteroatoms. The van der Waals surface area contributed by atoms with E-state index in [1.807, 2.05) is 30.3 Å². The van der Waals surface area contributed by atoms with Crippen molar-refractivity contribution < 1.29 is 26.3 Å². The van der Waals surface area contributed by atoms with Crippen LogP contribution in [-0.4, -0.2) is 9.78 Å².